The van der Waals surface area contributed by atoms with Crippen LogP contribution in [0, 0.1) is 0 Å². The lowest BCUT2D eigenvalue weighted by atomic mass is 9.71. The maximum absolute atomic E-state index is 13.8. The molecule has 4 rings (SSSR count). The number of carbonyl (C=O) groups excluding carboxylic acids is 2. The quantitative estimate of drug-likeness (QED) is 0.443. The number of hydrogen-bond acceptors (Lipinski definition) is 7. The van der Waals surface area contributed by atoms with E-state index in [1.807, 2.05) is 24.3 Å². The van der Waals surface area contributed by atoms with Crippen LogP contribution in [0.15, 0.2) is 58.9 Å². The van der Waals surface area contributed by atoms with E-state index in [0.29, 0.717) is 41.9 Å². The predicted octanol–water partition coefficient (Wildman–Crippen LogP) is 5.77. The van der Waals surface area contributed by atoms with Crippen molar-refractivity contribution >= 4 is 23.4 Å². The summed E-state index contributed by atoms with van der Waals surface area (Å²) in [5.74, 6) is -0.555. The smallest absolute Gasteiger partial charge is 0.337 e. The molecule has 2 N–H and O–H groups in total. The van der Waals surface area contributed by atoms with Crippen molar-refractivity contribution in [1.82, 2.24) is 5.32 Å². The van der Waals surface area contributed by atoms with E-state index in [9.17, 15) is 14.7 Å². The second-order valence-corrected chi connectivity index (χ2v) is 9.93. The van der Waals surface area contributed by atoms with E-state index >= 15 is 0 Å². The van der Waals surface area contributed by atoms with Gasteiger partial charge < -0.3 is 24.6 Å². The van der Waals surface area contributed by atoms with Crippen molar-refractivity contribution in [2.45, 2.75) is 58.5 Å². The SMILES string of the molecule is CCOc1cc(C2C(C(=O)OC(C)C)=C(C)NC3=C2C(=O)CC(c2ccc(OC)cc2)C3)cc(Cl)c1O. The molecule has 2 atom stereocenters. The molecule has 196 valence electrons. The van der Waals surface area contributed by atoms with Crippen molar-refractivity contribution < 1.29 is 28.9 Å². The molecule has 0 aromatic heterocycles. The minimum Gasteiger partial charge on any atom is -0.503 e. The number of Topliss-reactive ketones (excluding diaryl/α,β-unsaturated/α-hetero) is 1. The average molecular weight is 526 g/mol. The fraction of sp³-hybridized carbons (Fsp3) is 0.379. The number of nitrogens with one attached hydrogen (secondary N) is 1. The van der Waals surface area contributed by atoms with Crippen LogP contribution < -0.4 is 14.8 Å². The maximum Gasteiger partial charge on any atom is 0.337 e. The number of ether oxygens (including phenoxy) is 3. The number of aromatic hydroxyl groups is 1. The Morgan fingerprint density at radius 2 is 1.86 bits per heavy atom. The van der Waals surface area contributed by atoms with Crippen molar-refractivity contribution in [3.8, 4) is 17.2 Å². The lowest BCUT2D eigenvalue weighted by Crippen LogP contribution is -2.36. The number of benzene rings is 2. The van der Waals surface area contributed by atoms with Crippen LogP contribution in [0.4, 0.5) is 0 Å². The van der Waals surface area contributed by atoms with Gasteiger partial charge in [-0.25, -0.2) is 4.79 Å². The van der Waals surface area contributed by atoms with E-state index in [2.05, 4.69) is 5.32 Å². The molecule has 0 saturated heterocycles. The van der Waals surface area contributed by atoms with E-state index in [0.717, 1.165) is 17.0 Å². The standard InChI is InChI=1S/C29H32ClNO6/c1-6-36-24-14-19(11-21(30)28(24)33)26-25(29(34)37-15(2)3)16(4)31-22-12-18(13-23(32)27(22)26)17-7-9-20(35-5)10-8-17/h7-11,14-15,18,26,31,33H,6,12-13H2,1-5H3. The first-order valence-corrected chi connectivity index (χ1v) is 12.8. The highest BCUT2D eigenvalue weighted by Crippen LogP contribution is 2.48. The van der Waals surface area contributed by atoms with Gasteiger partial charge in [0, 0.05) is 29.3 Å². The molecule has 0 saturated carbocycles. The van der Waals surface area contributed by atoms with Gasteiger partial charge in [0.2, 0.25) is 0 Å². The van der Waals surface area contributed by atoms with Gasteiger partial charge in [-0.05, 0) is 75.4 Å². The van der Waals surface area contributed by atoms with Gasteiger partial charge in [-0.2, -0.15) is 0 Å². The molecule has 0 spiro atoms. The predicted molar refractivity (Wildman–Crippen MR) is 141 cm³/mol. The first kappa shape index (κ1) is 26.6. The van der Waals surface area contributed by atoms with Crippen LogP contribution in [0.5, 0.6) is 17.2 Å². The Kier molecular flexibility index (Phi) is 7.83. The highest BCUT2D eigenvalue weighted by atomic mass is 35.5. The van der Waals surface area contributed by atoms with E-state index in [4.69, 9.17) is 25.8 Å². The summed E-state index contributed by atoms with van der Waals surface area (Å²) in [5, 5.41) is 13.8. The third-order valence-corrected chi connectivity index (χ3v) is 6.95. The van der Waals surface area contributed by atoms with E-state index in [1.54, 1.807) is 46.9 Å². The summed E-state index contributed by atoms with van der Waals surface area (Å²) >= 11 is 6.37. The van der Waals surface area contributed by atoms with Gasteiger partial charge in [-0.1, -0.05) is 23.7 Å². The zero-order chi connectivity index (χ0) is 26.9. The number of hydrogen-bond donors (Lipinski definition) is 2. The Bertz CT molecular complexity index is 1280. The van der Waals surface area contributed by atoms with E-state index in [-0.39, 0.29) is 34.3 Å². The Labute approximate surface area is 222 Å². The molecule has 8 heteroatoms. The summed E-state index contributed by atoms with van der Waals surface area (Å²) < 4.78 is 16.4. The van der Waals surface area contributed by atoms with Crippen LogP contribution >= 0.6 is 11.6 Å². The molecular formula is C29H32ClNO6. The Morgan fingerprint density at radius 1 is 1.16 bits per heavy atom. The molecule has 1 heterocycles. The fourth-order valence-electron chi connectivity index (χ4n) is 5.06. The summed E-state index contributed by atoms with van der Waals surface area (Å²) in [7, 11) is 1.62. The zero-order valence-electron chi connectivity index (χ0n) is 21.7. The highest BCUT2D eigenvalue weighted by Gasteiger charge is 2.42. The van der Waals surface area contributed by atoms with E-state index < -0.39 is 11.9 Å². The molecule has 0 radical (unpaired) electrons. The second-order valence-electron chi connectivity index (χ2n) is 9.53. The number of esters is 1. The van der Waals surface area contributed by atoms with Crippen LogP contribution in [0.1, 0.15) is 63.5 Å². The Hall–Kier alpha value is -3.45. The summed E-state index contributed by atoms with van der Waals surface area (Å²) in [5.41, 5.74) is 3.84. The lowest BCUT2D eigenvalue weighted by Gasteiger charge is -2.37. The lowest BCUT2D eigenvalue weighted by molar-refractivity contribution is -0.143. The highest BCUT2D eigenvalue weighted by molar-refractivity contribution is 6.32. The molecule has 0 bridgehead atoms. The van der Waals surface area contributed by atoms with Gasteiger partial charge in [0.05, 0.1) is 30.4 Å². The molecule has 0 fully saturated rings. The Morgan fingerprint density at radius 3 is 2.49 bits per heavy atom. The largest absolute Gasteiger partial charge is 0.503 e. The van der Waals surface area contributed by atoms with Gasteiger partial charge in [-0.3, -0.25) is 4.79 Å². The second kappa shape index (κ2) is 10.9. The molecule has 1 aliphatic heterocycles. The van der Waals surface area contributed by atoms with Crippen LogP contribution in [-0.2, 0) is 14.3 Å². The number of carbonyl (C=O) groups is 2. The zero-order valence-corrected chi connectivity index (χ0v) is 22.4. The van der Waals surface area contributed by atoms with Gasteiger partial charge in [-0.15, -0.1) is 0 Å². The van der Waals surface area contributed by atoms with E-state index in [1.165, 1.54) is 0 Å². The first-order chi connectivity index (χ1) is 17.6. The van der Waals surface area contributed by atoms with Crippen molar-refractivity contribution in [3.05, 3.63) is 75.1 Å². The summed E-state index contributed by atoms with van der Waals surface area (Å²) in [6.45, 7) is 7.47. The molecular weight excluding hydrogens is 494 g/mol. The van der Waals surface area contributed by atoms with Gasteiger partial charge >= 0.3 is 5.97 Å². The topological polar surface area (TPSA) is 94.1 Å². The molecule has 0 amide bonds. The van der Waals surface area contributed by atoms with Crippen LogP contribution in [-0.4, -0.2) is 36.7 Å². The first-order valence-electron chi connectivity index (χ1n) is 12.4. The number of phenolic OH excluding ortho intramolecular Hbond substituents is 1. The maximum atomic E-state index is 13.8. The number of phenols is 1. The molecule has 2 aromatic carbocycles. The number of halogens is 1. The van der Waals surface area contributed by atoms with Crippen molar-refractivity contribution in [2.24, 2.45) is 0 Å². The molecule has 2 unspecified atom stereocenters. The van der Waals surface area contributed by atoms with Gasteiger partial charge in [0.15, 0.2) is 17.3 Å². The minimum atomic E-state index is -0.718. The molecule has 2 aromatic rings. The number of ketones is 1. The third kappa shape index (κ3) is 5.32. The number of dihydropyridines is 1. The van der Waals surface area contributed by atoms with Gasteiger partial charge in [0.1, 0.15) is 5.75 Å². The van der Waals surface area contributed by atoms with Crippen molar-refractivity contribution in [1.29, 1.82) is 0 Å². The molecule has 2 aliphatic rings. The third-order valence-electron chi connectivity index (χ3n) is 6.66. The number of rotatable bonds is 7. The van der Waals surface area contributed by atoms with Gasteiger partial charge in [0.25, 0.3) is 0 Å². The summed E-state index contributed by atoms with van der Waals surface area (Å²) in [6, 6.07) is 11.0. The molecule has 7 nitrogen and oxygen atoms in total. The van der Waals surface area contributed by atoms with Crippen molar-refractivity contribution in [2.75, 3.05) is 13.7 Å². The Balaban J connectivity index is 1.83. The number of allylic oxidation sites excluding steroid dienone is 3. The molecule has 1 aliphatic carbocycles. The average Bonchev–Trinajstić information content (AvgIpc) is 2.85. The number of methoxy groups -OCH3 is 1. The summed E-state index contributed by atoms with van der Waals surface area (Å²) in [6.07, 6.45) is 0.546. The minimum absolute atomic E-state index is 0.0235. The van der Waals surface area contributed by atoms with Crippen LogP contribution in [0.25, 0.3) is 0 Å². The van der Waals surface area contributed by atoms with Crippen LogP contribution in [0.3, 0.4) is 0 Å². The normalized spacial score (nSPS) is 19.5. The fourth-order valence-corrected chi connectivity index (χ4v) is 5.28. The van der Waals surface area contributed by atoms with Crippen LogP contribution in [0.2, 0.25) is 5.02 Å². The summed E-state index contributed by atoms with van der Waals surface area (Å²) in [4.78, 5) is 27.1. The monoisotopic (exact) mass is 525 g/mol. The molecule has 37 heavy (non-hydrogen) atoms. The van der Waals surface area contributed by atoms with Crippen molar-refractivity contribution in [3.63, 3.8) is 0 Å².